The number of hydrogen-bond acceptors (Lipinski definition) is 5. The molecule has 0 aliphatic heterocycles. The van der Waals surface area contributed by atoms with Gasteiger partial charge in [0.05, 0.1) is 25.4 Å². The van der Waals surface area contributed by atoms with Crippen LogP contribution in [0, 0.1) is 0 Å². The molecule has 0 saturated carbocycles. The summed E-state index contributed by atoms with van der Waals surface area (Å²) in [7, 11) is 0. The van der Waals surface area contributed by atoms with Crippen LogP contribution in [-0.4, -0.2) is 47.4 Å². The van der Waals surface area contributed by atoms with Crippen molar-refractivity contribution < 1.29 is 24.5 Å². The van der Waals surface area contributed by atoms with E-state index >= 15 is 0 Å². The molecule has 0 aromatic heterocycles. The summed E-state index contributed by atoms with van der Waals surface area (Å²) in [5.41, 5.74) is 0. The summed E-state index contributed by atoms with van der Waals surface area (Å²) in [6, 6.07) is -0.625. The highest BCUT2D eigenvalue weighted by Gasteiger charge is 2.18. The Morgan fingerprint density at radius 2 is 0.658 bits per heavy atom. The number of allylic oxidation sites excluding steroid dienone is 3. The molecule has 0 fully saturated rings. The Morgan fingerprint density at radius 3 is 1.01 bits per heavy atom. The molecule has 0 spiro atoms. The molecule has 0 bridgehead atoms. The summed E-state index contributed by atoms with van der Waals surface area (Å²) < 4.78 is 5.47. The van der Waals surface area contributed by atoms with Gasteiger partial charge in [0.2, 0.25) is 5.91 Å². The number of carbonyl (C=O) groups excluding carboxylic acids is 2. The Morgan fingerprint density at radius 1 is 0.370 bits per heavy atom. The second-order valence-electron chi connectivity index (χ2n) is 22.8. The number of unbranched alkanes of at least 4 members (excludes halogenated alkanes) is 49. The lowest BCUT2D eigenvalue weighted by Crippen LogP contribution is -2.45. The number of aliphatic hydroxyl groups is 2. The Hall–Kier alpha value is -1.66. The third-order valence-corrected chi connectivity index (χ3v) is 15.5. The summed E-state index contributed by atoms with van der Waals surface area (Å²) in [5, 5.41) is 23.2. The molecular formula is C67H129NO5. The predicted molar refractivity (Wildman–Crippen MR) is 320 cm³/mol. The SMILES string of the molecule is CCCC/C=C\CCCCCCCC(=O)OCCCCCCCCCCCCCCCCCCCCCCCCCCCCCCCC(=O)NC(CO)C(O)/C=C/CCCCCCCCCCCCCCCC. The fourth-order valence-electron chi connectivity index (χ4n) is 10.4. The average Bonchev–Trinajstić information content (AvgIpc) is 3.39. The number of amides is 1. The number of nitrogens with one attached hydrogen (secondary N) is 1. The molecule has 73 heavy (non-hydrogen) atoms. The number of ether oxygens (including phenoxy) is 1. The van der Waals surface area contributed by atoms with Crippen LogP contribution in [0.1, 0.15) is 367 Å². The Kier molecular flexibility index (Phi) is 61.4. The molecule has 0 radical (unpaired) electrons. The number of hydrogen-bond donors (Lipinski definition) is 3. The zero-order valence-electron chi connectivity index (χ0n) is 49.4. The van der Waals surface area contributed by atoms with E-state index in [0.29, 0.717) is 19.4 Å². The minimum Gasteiger partial charge on any atom is -0.466 e. The van der Waals surface area contributed by atoms with E-state index in [-0.39, 0.29) is 18.5 Å². The standard InChI is InChI=1S/C67H129NO5/c1-3-5-7-9-11-13-15-16-17-33-36-40-43-47-51-55-59-65(70)64(63-69)68-66(71)60-56-52-48-44-41-37-34-31-29-27-25-23-21-19-18-20-22-24-26-28-30-32-35-38-42-46-50-54-58-62-73-67(72)61-57-53-49-45-39-14-12-10-8-6-4-2/h10,12,55,59,64-65,69-70H,3-9,11,13-54,56-58,60-63H2,1-2H3,(H,68,71)/b12-10-,59-55+. The van der Waals surface area contributed by atoms with Crippen molar-refractivity contribution in [3.63, 3.8) is 0 Å². The van der Waals surface area contributed by atoms with Crippen LogP contribution in [0.5, 0.6) is 0 Å². The lowest BCUT2D eigenvalue weighted by atomic mass is 10.0. The van der Waals surface area contributed by atoms with Crippen LogP contribution in [-0.2, 0) is 14.3 Å². The van der Waals surface area contributed by atoms with Crippen molar-refractivity contribution in [3.8, 4) is 0 Å². The number of rotatable bonds is 62. The van der Waals surface area contributed by atoms with Crippen molar-refractivity contribution in [2.24, 2.45) is 0 Å². The summed E-state index contributed by atoms with van der Waals surface area (Å²) in [6.07, 6.45) is 78.2. The third kappa shape index (κ3) is 59.4. The first kappa shape index (κ1) is 71.3. The minimum atomic E-state index is -0.841. The highest BCUT2D eigenvalue weighted by atomic mass is 16.5. The van der Waals surface area contributed by atoms with Gasteiger partial charge in [-0.25, -0.2) is 0 Å². The minimum absolute atomic E-state index is 0.00831. The van der Waals surface area contributed by atoms with Crippen LogP contribution in [0.3, 0.4) is 0 Å². The maximum atomic E-state index is 12.5. The van der Waals surface area contributed by atoms with Crippen molar-refractivity contribution in [2.75, 3.05) is 13.2 Å². The van der Waals surface area contributed by atoms with Gasteiger partial charge in [-0.1, -0.05) is 327 Å². The van der Waals surface area contributed by atoms with E-state index in [9.17, 15) is 19.8 Å². The van der Waals surface area contributed by atoms with Crippen molar-refractivity contribution in [3.05, 3.63) is 24.3 Å². The topological polar surface area (TPSA) is 95.9 Å². The number of carbonyl (C=O) groups is 2. The molecule has 432 valence electrons. The van der Waals surface area contributed by atoms with Gasteiger partial charge in [0.15, 0.2) is 0 Å². The smallest absolute Gasteiger partial charge is 0.305 e. The van der Waals surface area contributed by atoms with Crippen LogP contribution in [0.4, 0.5) is 0 Å². The van der Waals surface area contributed by atoms with Crippen LogP contribution in [0.2, 0.25) is 0 Å². The fourth-order valence-corrected chi connectivity index (χ4v) is 10.4. The van der Waals surface area contributed by atoms with Crippen molar-refractivity contribution >= 4 is 11.9 Å². The Labute approximate surface area is 456 Å². The third-order valence-electron chi connectivity index (χ3n) is 15.5. The molecule has 0 aliphatic carbocycles. The maximum absolute atomic E-state index is 12.5. The van der Waals surface area contributed by atoms with Gasteiger partial charge in [-0.3, -0.25) is 9.59 Å². The van der Waals surface area contributed by atoms with Gasteiger partial charge in [-0.05, 0) is 51.4 Å². The maximum Gasteiger partial charge on any atom is 0.305 e. The summed E-state index contributed by atoms with van der Waals surface area (Å²) >= 11 is 0. The summed E-state index contributed by atoms with van der Waals surface area (Å²) in [5.74, 6) is -0.0536. The van der Waals surface area contributed by atoms with E-state index in [0.717, 1.165) is 44.9 Å². The summed E-state index contributed by atoms with van der Waals surface area (Å²) in [4.78, 5) is 24.5. The second kappa shape index (κ2) is 62.9. The van der Waals surface area contributed by atoms with Crippen LogP contribution < -0.4 is 5.32 Å². The lowest BCUT2D eigenvalue weighted by Gasteiger charge is -2.20. The molecule has 2 atom stereocenters. The number of esters is 1. The monoisotopic (exact) mass is 1030 g/mol. The van der Waals surface area contributed by atoms with Crippen LogP contribution in [0.25, 0.3) is 0 Å². The molecular weight excluding hydrogens is 899 g/mol. The zero-order chi connectivity index (χ0) is 52.9. The molecule has 0 aliphatic rings. The van der Waals surface area contributed by atoms with Crippen molar-refractivity contribution in [1.29, 1.82) is 0 Å². The largest absolute Gasteiger partial charge is 0.466 e. The fraction of sp³-hybridized carbons (Fsp3) is 0.910. The second-order valence-corrected chi connectivity index (χ2v) is 22.8. The van der Waals surface area contributed by atoms with E-state index in [1.807, 2.05) is 6.08 Å². The molecule has 0 aromatic rings. The van der Waals surface area contributed by atoms with Gasteiger partial charge < -0.3 is 20.3 Å². The normalized spacial score (nSPS) is 12.7. The molecule has 0 aromatic carbocycles. The first-order valence-corrected chi connectivity index (χ1v) is 33.1. The zero-order valence-corrected chi connectivity index (χ0v) is 49.4. The van der Waals surface area contributed by atoms with Gasteiger partial charge in [-0.15, -0.1) is 0 Å². The van der Waals surface area contributed by atoms with E-state index in [2.05, 4.69) is 31.3 Å². The van der Waals surface area contributed by atoms with Gasteiger partial charge in [0.25, 0.3) is 0 Å². The average molecular weight is 1030 g/mol. The molecule has 0 saturated heterocycles. The lowest BCUT2D eigenvalue weighted by molar-refractivity contribution is -0.143. The highest BCUT2D eigenvalue weighted by molar-refractivity contribution is 5.76. The summed E-state index contributed by atoms with van der Waals surface area (Å²) in [6.45, 7) is 4.89. The van der Waals surface area contributed by atoms with Crippen molar-refractivity contribution in [2.45, 2.75) is 379 Å². The van der Waals surface area contributed by atoms with Gasteiger partial charge in [0.1, 0.15) is 0 Å². The first-order valence-electron chi connectivity index (χ1n) is 33.1. The van der Waals surface area contributed by atoms with E-state index in [1.54, 1.807) is 6.08 Å². The van der Waals surface area contributed by atoms with Crippen LogP contribution >= 0.6 is 0 Å². The van der Waals surface area contributed by atoms with E-state index < -0.39 is 12.1 Å². The number of aliphatic hydroxyl groups excluding tert-OH is 2. The Bertz CT molecular complexity index is 1140. The van der Waals surface area contributed by atoms with Gasteiger partial charge >= 0.3 is 5.97 Å². The molecule has 0 heterocycles. The van der Waals surface area contributed by atoms with Gasteiger partial charge in [-0.2, -0.15) is 0 Å². The van der Waals surface area contributed by atoms with Gasteiger partial charge in [0, 0.05) is 12.8 Å². The first-order chi connectivity index (χ1) is 36.0. The Balaban J connectivity index is 3.36. The van der Waals surface area contributed by atoms with Crippen LogP contribution in [0.15, 0.2) is 24.3 Å². The van der Waals surface area contributed by atoms with E-state index in [1.165, 1.54) is 295 Å². The molecule has 3 N–H and O–H groups in total. The van der Waals surface area contributed by atoms with E-state index in [4.69, 9.17) is 4.74 Å². The molecule has 0 rings (SSSR count). The molecule has 6 heteroatoms. The molecule has 2 unspecified atom stereocenters. The van der Waals surface area contributed by atoms with Crippen molar-refractivity contribution in [1.82, 2.24) is 5.32 Å². The highest BCUT2D eigenvalue weighted by Crippen LogP contribution is 2.18. The molecule has 1 amide bonds. The molecule has 6 nitrogen and oxygen atoms in total. The quantitative estimate of drug-likeness (QED) is 0.0320. The predicted octanol–water partition coefficient (Wildman–Crippen LogP) is 21.0.